The van der Waals surface area contributed by atoms with Crippen LogP contribution in [0.4, 0.5) is 5.69 Å². The van der Waals surface area contributed by atoms with Gasteiger partial charge in [-0.25, -0.2) is 4.98 Å². The van der Waals surface area contributed by atoms with Gasteiger partial charge in [-0.1, -0.05) is 23.2 Å². The second kappa shape index (κ2) is 5.39. The van der Waals surface area contributed by atoms with Crippen molar-refractivity contribution in [2.45, 2.75) is 27.3 Å². The lowest BCUT2D eigenvalue weighted by Crippen LogP contribution is -2.05. The maximum atomic E-state index is 6.11. The van der Waals surface area contributed by atoms with Crippen molar-refractivity contribution in [1.82, 2.24) is 14.8 Å². The second-order valence-corrected chi connectivity index (χ2v) is 5.30. The number of hydrogen-bond acceptors (Lipinski definition) is 3. The van der Waals surface area contributed by atoms with Crippen molar-refractivity contribution in [2.24, 2.45) is 7.05 Å². The fourth-order valence-electron chi connectivity index (χ4n) is 2.06. The molecule has 0 aromatic carbocycles. The molecule has 2 aromatic rings. The first-order valence-corrected chi connectivity index (χ1v) is 6.71. The number of nitrogens with zero attached hydrogens (tertiary/aromatic N) is 3. The molecule has 0 radical (unpaired) electrons. The summed E-state index contributed by atoms with van der Waals surface area (Å²) in [5, 5.41) is 8.50. The molecule has 102 valence electrons. The normalized spacial score (nSPS) is 10.8. The Hall–Kier alpha value is -1.26. The van der Waals surface area contributed by atoms with Crippen LogP contribution in [0.5, 0.6) is 0 Å². The van der Waals surface area contributed by atoms with E-state index in [0.29, 0.717) is 16.9 Å². The molecule has 0 aliphatic rings. The number of pyridine rings is 1. The minimum absolute atomic E-state index is 0.393. The second-order valence-electron chi connectivity index (χ2n) is 4.55. The fraction of sp³-hybridized carbons (Fsp3) is 0.385. The summed E-state index contributed by atoms with van der Waals surface area (Å²) in [5.74, 6) is 0. The van der Waals surface area contributed by atoms with Crippen molar-refractivity contribution in [3.63, 3.8) is 0 Å². The molecule has 0 unspecified atom stereocenters. The molecule has 1 N–H and O–H groups in total. The van der Waals surface area contributed by atoms with Crippen molar-refractivity contribution in [3.8, 4) is 0 Å². The number of hydrogen-bond donors (Lipinski definition) is 1. The number of anilines is 1. The highest BCUT2D eigenvalue weighted by atomic mass is 35.5. The first-order valence-electron chi connectivity index (χ1n) is 5.95. The molecular formula is C13H16Cl2N4. The lowest BCUT2D eigenvalue weighted by molar-refractivity contribution is 0.730. The molecule has 0 amide bonds. The van der Waals surface area contributed by atoms with Crippen LogP contribution in [-0.2, 0) is 13.6 Å². The summed E-state index contributed by atoms with van der Waals surface area (Å²) in [6.07, 6.45) is 0. The summed E-state index contributed by atoms with van der Waals surface area (Å²) in [7, 11) is 1.94. The van der Waals surface area contributed by atoms with Gasteiger partial charge in [0.1, 0.15) is 5.15 Å². The summed E-state index contributed by atoms with van der Waals surface area (Å²) in [6.45, 7) is 6.66. The minimum atomic E-state index is 0.393. The summed E-state index contributed by atoms with van der Waals surface area (Å²) in [5.41, 5.74) is 5.12. The van der Waals surface area contributed by atoms with E-state index in [-0.39, 0.29) is 0 Å². The average Bonchev–Trinajstić information content (AvgIpc) is 2.53. The molecule has 2 aromatic heterocycles. The lowest BCUT2D eigenvalue weighted by atomic mass is 10.2. The van der Waals surface area contributed by atoms with Crippen LogP contribution in [-0.4, -0.2) is 14.8 Å². The van der Waals surface area contributed by atoms with E-state index in [1.807, 2.05) is 32.5 Å². The molecule has 0 spiro atoms. The molecule has 2 rings (SSSR count). The van der Waals surface area contributed by atoms with Crippen molar-refractivity contribution in [2.75, 3.05) is 5.32 Å². The number of rotatable bonds is 3. The maximum absolute atomic E-state index is 6.11. The van der Waals surface area contributed by atoms with Gasteiger partial charge in [-0.05, 0) is 32.4 Å². The Labute approximate surface area is 122 Å². The molecule has 0 fully saturated rings. The Morgan fingerprint density at radius 2 is 1.95 bits per heavy atom. The van der Waals surface area contributed by atoms with Crippen molar-refractivity contribution in [3.05, 3.63) is 38.9 Å². The van der Waals surface area contributed by atoms with Gasteiger partial charge < -0.3 is 5.32 Å². The van der Waals surface area contributed by atoms with E-state index < -0.39 is 0 Å². The Morgan fingerprint density at radius 3 is 2.47 bits per heavy atom. The minimum Gasteiger partial charge on any atom is -0.378 e. The highest BCUT2D eigenvalue weighted by molar-refractivity contribution is 6.34. The average molecular weight is 299 g/mol. The Balaban J connectivity index is 2.24. The van der Waals surface area contributed by atoms with Crippen LogP contribution in [0.2, 0.25) is 10.3 Å². The monoisotopic (exact) mass is 298 g/mol. The van der Waals surface area contributed by atoms with Gasteiger partial charge in [-0.15, -0.1) is 0 Å². The fourth-order valence-corrected chi connectivity index (χ4v) is 2.66. The lowest BCUT2D eigenvalue weighted by Gasteiger charge is -2.11. The van der Waals surface area contributed by atoms with Crippen LogP contribution < -0.4 is 5.32 Å². The smallest absolute Gasteiger partial charge is 0.154 e. The van der Waals surface area contributed by atoms with E-state index in [4.69, 9.17) is 23.2 Å². The third-order valence-electron chi connectivity index (χ3n) is 3.24. The van der Waals surface area contributed by atoms with Crippen LogP contribution in [0, 0.1) is 20.8 Å². The van der Waals surface area contributed by atoms with Gasteiger partial charge in [0.05, 0.1) is 11.4 Å². The quantitative estimate of drug-likeness (QED) is 0.880. The van der Waals surface area contributed by atoms with Crippen LogP contribution in [0.15, 0.2) is 6.07 Å². The Morgan fingerprint density at radius 1 is 1.26 bits per heavy atom. The third-order valence-corrected chi connectivity index (χ3v) is 3.71. The first kappa shape index (κ1) is 14.2. The molecule has 0 saturated carbocycles. The Bertz CT molecular complexity index is 596. The summed E-state index contributed by atoms with van der Waals surface area (Å²) in [6, 6.07) is 1.79. The zero-order valence-electron chi connectivity index (χ0n) is 11.4. The summed E-state index contributed by atoms with van der Waals surface area (Å²) in [4.78, 5) is 4.04. The predicted octanol–water partition coefficient (Wildman–Crippen LogP) is 3.66. The topological polar surface area (TPSA) is 42.7 Å². The van der Waals surface area contributed by atoms with E-state index >= 15 is 0 Å². The molecule has 19 heavy (non-hydrogen) atoms. The van der Waals surface area contributed by atoms with Crippen LogP contribution in [0.3, 0.4) is 0 Å². The first-order chi connectivity index (χ1) is 8.90. The van der Waals surface area contributed by atoms with Crippen LogP contribution >= 0.6 is 23.2 Å². The van der Waals surface area contributed by atoms with Gasteiger partial charge in [0, 0.05) is 24.8 Å². The van der Waals surface area contributed by atoms with Gasteiger partial charge in [-0.2, -0.15) is 5.10 Å². The molecule has 2 heterocycles. The molecule has 4 nitrogen and oxygen atoms in total. The predicted molar refractivity (Wildman–Crippen MR) is 79.0 cm³/mol. The van der Waals surface area contributed by atoms with Gasteiger partial charge >= 0.3 is 0 Å². The molecule has 0 atom stereocenters. The van der Waals surface area contributed by atoms with Gasteiger partial charge in [0.25, 0.3) is 0 Å². The van der Waals surface area contributed by atoms with Crippen molar-refractivity contribution < 1.29 is 0 Å². The highest BCUT2D eigenvalue weighted by Gasteiger charge is 2.12. The molecule has 0 aliphatic carbocycles. The van der Waals surface area contributed by atoms with E-state index in [9.17, 15) is 0 Å². The standard InChI is InChI=1S/C13H16Cl2N4/c1-7-5-11(14)17-13(15)12(7)16-6-10-8(2)18-19(4)9(10)3/h5,16H,6H2,1-4H3. The Kier molecular flexibility index (Phi) is 4.02. The maximum Gasteiger partial charge on any atom is 0.154 e. The molecule has 6 heteroatoms. The third kappa shape index (κ3) is 2.85. The van der Waals surface area contributed by atoms with Gasteiger partial charge in [-0.3, -0.25) is 4.68 Å². The highest BCUT2D eigenvalue weighted by Crippen LogP contribution is 2.27. The molecular weight excluding hydrogens is 283 g/mol. The van der Waals surface area contributed by atoms with Crippen LogP contribution in [0.1, 0.15) is 22.5 Å². The molecule has 0 saturated heterocycles. The van der Waals surface area contributed by atoms with Crippen LogP contribution in [0.25, 0.3) is 0 Å². The van der Waals surface area contributed by atoms with E-state index in [0.717, 1.165) is 22.6 Å². The number of nitrogens with one attached hydrogen (secondary N) is 1. The zero-order valence-corrected chi connectivity index (χ0v) is 12.9. The van der Waals surface area contributed by atoms with Gasteiger partial charge in [0.2, 0.25) is 0 Å². The van der Waals surface area contributed by atoms with E-state index in [1.165, 1.54) is 5.56 Å². The summed E-state index contributed by atoms with van der Waals surface area (Å²) < 4.78 is 1.88. The SMILES string of the molecule is Cc1cc(Cl)nc(Cl)c1NCc1c(C)nn(C)c1C. The number of aryl methyl sites for hydroxylation is 3. The number of aromatic nitrogens is 3. The van der Waals surface area contributed by atoms with Crippen molar-refractivity contribution >= 4 is 28.9 Å². The van der Waals surface area contributed by atoms with Gasteiger partial charge in [0.15, 0.2) is 5.15 Å². The molecule has 0 bridgehead atoms. The number of halogens is 2. The molecule has 0 aliphatic heterocycles. The van der Waals surface area contributed by atoms with Crippen molar-refractivity contribution in [1.29, 1.82) is 0 Å². The summed E-state index contributed by atoms with van der Waals surface area (Å²) >= 11 is 12.0. The van der Waals surface area contributed by atoms with E-state index in [2.05, 4.69) is 15.4 Å². The van der Waals surface area contributed by atoms with E-state index in [1.54, 1.807) is 6.07 Å². The zero-order chi connectivity index (χ0) is 14.2. The largest absolute Gasteiger partial charge is 0.378 e.